The van der Waals surface area contributed by atoms with E-state index < -0.39 is 0 Å². The molecule has 0 atom stereocenters. The Morgan fingerprint density at radius 3 is 2.94 bits per heavy atom. The fourth-order valence-electron chi connectivity index (χ4n) is 2.13. The zero-order valence-electron chi connectivity index (χ0n) is 10.6. The Kier molecular flexibility index (Phi) is 4.31. The smallest absolute Gasteiger partial charge is 0.223 e. The van der Waals surface area contributed by atoms with Crippen molar-refractivity contribution in [1.82, 2.24) is 9.97 Å². The highest BCUT2D eigenvalue weighted by molar-refractivity contribution is 7.18. The molecular weight excluding hydrogens is 244 g/mol. The van der Waals surface area contributed by atoms with E-state index in [0.717, 1.165) is 29.5 Å². The number of hydrogen-bond donors (Lipinski definition) is 1. The van der Waals surface area contributed by atoms with Crippen molar-refractivity contribution in [2.45, 2.75) is 39.0 Å². The summed E-state index contributed by atoms with van der Waals surface area (Å²) in [6.45, 7) is 5.99. The topological polar surface area (TPSA) is 46.0 Å². The molecule has 0 aliphatic heterocycles. The molecule has 0 fully saturated rings. The third-order valence-corrected chi connectivity index (χ3v) is 4.17. The summed E-state index contributed by atoms with van der Waals surface area (Å²) in [6, 6.07) is 0. The molecule has 0 saturated heterocycles. The molecule has 0 unspecified atom stereocenters. The summed E-state index contributed by atoms with van der Waals surface area (Å²) in [5.41, 5.74) is 1.21. The van der Waals surface area contributed by atoms with Crippen molar-refractivity contribution in [2.75, 3.05) is 0 Å². The van der Waals surface area contributed by atoms with E-state index in [4.69, 9.17) is 0 Å². The summed E-state index contributed by atoms with van der Waals surface area (Å²) in [6.07, 6.45) is 8.68. The Balaban J connectivity index is 2.43. The minimum absolute atomic E-state index is 0.109. The van der Waals surface area contributed by atoms with E-state index in [1.165, 1.54) is 29.6 Å². The van der Waals surface area contributed by atoms with Crippen molar-refractivity contribution in [3.8, 4) is 5.88 Å². The maximum atomic E-state index is 9.92. The van der Waals surface area contributed by atoms with E-state index in [1.807, 2.05) is 6.08 Å². The first-order valence-corrected chi connectivity index (χ1v) is 7.14. The SMILES string of the molecule is C=CCc1sc2ncnc(O)c2c1CCCCC. The van der Waals surface area contributed by atoms with Gasteiger partial charge in [-0.15, -0.1) is 17.9 Å². The number of aromatic nitrogens is 2. The van der Waals surface area contributed by atoms with E-state index >= 15 is 0 Å². The Hall–Kier alpha value is -1.42. The number of aryl methyl sites for hydroxylation is 1. The molecule has 4 heteroatoms. The molecule has 0 aliphatic rings. The molecule has 0 aromatic carbocycles. The summed E-state index contributed by atoms with van der Waals surface area (Å²) >= 11 is 1.64. The van der Waals surface area contributed by atoms with Crippen LogP contribution in [-0.2, 0) is 12.8 Å². The van der Waals surface area contributed by atoms with Gasteiger partial charge < -0.3 is 5.11 Å². The van der Waals surface area contributed by atoms with Crippen LogP contribution in [0.3, 0.4) is 0 Å². The fraction of sp³-hybridized carbons (Fsp3) is 0.429. The largest absolute Gasteiger partial charge is 0.493 e. The van der Waals surface area contributed by atoms with Crippen LogP contribution in [0.1, 0.15) is 36.6 Å². The van der Waals surface area contributed by atoms with Crippen molar-refractivity contribution >= 4 is 21.6 Å². The van der Waals surface area contributed by atoms with Crippen LogP contribution in [0.4, 0.5) is 0 Å². The first-order chi connectivity index (χ1) is 8.77. The zero-order chi connectivity index (χ0) is 13.0. The van der Waals surface area contributed by atoms with Gasteiger partial charge in [-0.3, -0.25) is 0 Å². The number of thiophene rings is 1. The standard InChI is InChI=1S/C14H18N2OS/c1-3-5-6-8-10-11(7-4-2)18-14-12(10)13(17)15-9-16-14/h4,9H,2-3,5-8H2,1H3,(H,15,16,17). The predicted molar refractivity (Wildman–Crippen MR) is 76.2 cm³/mol. The van der Waals surface area contributed by atoms with Gasteiger partial charge in [-0.2, -0.15) is 0 Å². The number of unbranched alkanes of at least 4 members (excludes halogenated alkanes) is 2. The van der Waals surface area contributed by atoms with Gasteiger partial charge in [0.15, 0.2) is 0 Å². The Morgan fingerprint density at radius 1 is 1.39 bits per heavy atom. The van der Waals surface area contributed by atoms with Crippen LogP contribution in [0, 0.1) is 0 Å². The number of allylic oxidation sites excluding steroid dienone is 1. The van der Waals surface area contributed by atoms with Crippen LogP contribution < -0.4 is 0 Å². The molecule has 0 amide bonds. The number of aromatic hydroxyl groups is 1. The molecule has 2 heterocycles. The van der Waals surface area contributed by atoms with Crippen molar-refractivity contribution in [3.63, 3.8) is 0 Å². The lowest BCUT2D eigenvalue weighted by Crippen LogP contribution is -1.90. The van der Waals surface area contributed by atoms with Gasteiger partial charge in [0, 0.05) is 4.88 Å². The minimum Gasteiger partial charge on any atom is -0.493 e. The van der Waals surface area contributed by atoms with Crippen LogP contribution in [0.15, 0.2) is 19.0 Å². The van der Waals surface area contributed by atoms with E-state index in [2.05, 4.69) is 23.5 Å². The van der Waals surface area contributed by atoms with Crippen molar-refractivity contribution < 1.29 is 5.11 Å². The van der Waals surface area contributed by atoms with Gasteiger partial charge in [0.2, 0.25) is 5.88 Å². The highest BCUT2D eigenvalue weighted by atomic mass is 32.1. The quantitative estimate of drug-likeness (QED) is 0.635. The van der Waals surface area contributed by atoms with Gasteiger partial charge in [0.25, 0.3) is 0 Å². The average Bonchev–Trinajstić information content (AvgIpc) is 2.70. The van der Waals surface area contributed by atoms with E-state index in [1.54, 1.807) is 11.3 Å². The van der Waals surface area contributed by atoms with Crippen LogP contribution in [0.5, 0.6) is 5.88 Å². The Labute approximate surface area is 111 Å². The molecule has 0 radical (unpaired) electrons. The third-order valence-electron chi connectivity index (χ3n) is 3.01. The monoisotopic (exact) mass is 262 g/mol. The minimum atomic E-state index is 0.109. The highest BCUT2D eigenvalue weighted by Gasteiger charge is 2.15. The molecule has 96 valence electrons. The van der Waals surface area contributed by atoms with Crippen molar-refractivity contribution in [3.05, 3.63) is 29.4 Å². The predicted octanol–water partition coefficient (Wildman–Crippen LogP) is 3.86. The van der Waals surface area contributed by atoms with Crippen LogP contribution in [-0.4, -0.2) is 15.1 Å². The van der Waals surface area contributed by atoms with E-state index in [-0.39, 0.29) is 5.88 Å². The number of fused-ring (bicyclic) bond motifs is 1. The molecular formula is C14H18N2OS. The average molecular weight is 262 g/mol. The molecule has 2 aromatic rings. The summed E-state index contributed by atoms with van der Waals surface area (Å²) in [4.78, 5) is 10.3. The normalized spacial score (nSPS) is 10.9. The number of hydrogen-bond acceptors (Lipinski definition) is 4. The van der Waals surface area contributed by atoms with Gasteiger partial charge in [-0.1, -0.05) is 25.8 Å². The molecule has 1 N–H and O–H groups in total. The lowest BCUT2D eigenvalue weighted by molar-refractivity contribution is 0.459. The molecule has 0 aliphatic carbocycles. The van der Waals surface area contributed by atoms with Gasteiger partial charge in [0.1, 0.15) is 11.2 Å². The lowest BCUT2D eigenvalue weighted by Gasteiger charge is -2.03. The number of nitrogens with zero attached hydrogens (tertiary/aromatic N) is 2. The first-order valence-electron chi connectivity index (χ1n) is 6.33. The molecule has 3 nitrogen and oxygen atoms in total. The van der Waals surface area contributed by atoms with Gasteiger partial charge in [-0.25, -0.2) is 9.97 Å². The summed E-state index contributed by atoms with van der Waals surface area (Å²) in [5, 5.41) is 10.8. The highest BCUT2D eigenvalue weighted by Crippen LogP contribution is 2.35. The Morgan fingerprint density at radius 2 is 2.22 bits per heavy atom. The molecule has 18 heavy (non-hydrogen) atoms. The maximum absolute atomic E-state index is 9.92. The fourth-order valence-corrected chi connectivity index (χ4v) is 3.31. The van der Waals surface area contributed by atoms with Crippen LogP contribution in [0.25, 0.3) is 10.2 Å². The van der Waals surface area contributed by atoms with E-state index in [0.29, 0.717) is 0 Å². The van der Waals surface area contributed by atoms with E-state index in [9.17, 15) is 5.11 Å². The molecule has 0 bridgehead atoms. The third kappa shape index (κ3) is 2.53. The van der Waals surface area contributed by atoms with Crippen molar-refractivity contribution in [1.29, 1.82) is 0 Å². The van der Waals surface area contributed by atoms with Crippen LogP contribution in [0.2, 0.25) is 0 Å². The molecule has 2 rings (SSSR count). The molecule has 0 spiro atoms. The summed E-state index contributed by atoms with van der Waals surface area (Å²) in [5.74, 6) is 0.109. The van der Waals surface area contributed by atoms with Gasteiger partial charge >= 0.3 is 0 Å². The van der Waals surface area contributed by atoms with Gasteiger partial charge in [-0.05, 0) is 24.8 Å². The maximum Gasteiger partial charge on any atom is 0.223 e. The number of rotatable bonds is 6. The zero-order valence-corrected chi connectivity index (χ0v) is 11.5. The Bertz CT molecular complexity index is 548. The summed E-state index contributed by atoms with van der Waals surface area (Å²) < 4.78 is 0. The second-order valence-corrected chi connectivity index (χ2v) is 5.41. The first kappa shape index (κ1) is 13.0. The summed E-state index contributed by atoms with van der Waals surface area (Å²) in [7, 11) is 0. The van der Waals surface area contributed by atoms with Crippen LogP contribution >= 0.6 is 11.3 Å². The molecule has 0 saturated carbocycles. The second-order valence-electron chi connectivity index (χ2n) is 4.33. The second kappa shape index (κ2) is 5.96. The molecule has 2 aromatic heterocycles. The van der Waals surface area contributed by atoms with Crippen molar-refractivity contribution in [2.24, 2.45) is 0 Å². The lowest BCUT2D eigenvalue weighted by atomic mass is 10.0. The van der Waals surface area contributed by atoms with Gasteiger partial charge in [0.05, 0.1) is 5.39 Å².